The molecule has 7 heteroatoms. The third kappa shape index (κ3) is 3.24. The third-order valence-corrected chi connectivity index (χ3v) is 8.09. The van der Waals surface area contributed by atoms with E-state index in [1.54, 1.807) is 24.4 Å². The summed E-state index contributed by atoms with van der Waals surface area (Å²) in [7, 11) is 1.77. The van der Waals surface area contributed by atoms with E-state index < -0.39 is 5.54 Å². The highest BCUT2D eigenvalue weighted by molar-refractivity contribution is 6.08. The number of carbonyl (C=O) groups excluding carboxylic acids is 1. The number of benzene rings is 1. The quantitative estimate of drug-likeness (QED) is 0.719. The number of rotatable bonds is 3. The maximum absolute atomic E-state index is 14.3. The van der Waals surface area contributed by atoms with Crippen LogP contribution in [0.2, 0.25) is 0 Å². The number of amides is 1. The van der Waals surface area contributed by atoms with Crippen LogP contribution in [0.1, 0.15) is 60.8 Å². The minimum Gasteiger partial charge on any atom is -0.381 e. The molecule has 0 bridgehead atoms. The second-order valence-corrected chi connectivity index (χ2v) is 10.1. The molecule has 34 heavy (non-hydrogen) atoms. The highest BCUT2D eigenvalue weighted by Crippen LogP contribution is 2.62. The van der Waals surface area contributed by atoms with Gasteiger partial charge in [-0.05, 0) is 68.2 Å². The molecule has 2 spiro atoms. The Morgan fingerprint density at radius 3 is 2.65 bits per heavy atom. The molecule has 2 fully saturated rings. The fourth-order valence-electron chi connectivity index (χ4n) is 6.10. The van der Waals surface area contributed by atoms with Crippen LogP contribution in [0, 0.1) is 23.2 Å². The Kier molecular flexibility index (Phi) is 4.96. The number of fused-ring (bicyclic) bond motifs is 3. The van der Waals surface area contributed by atoms with Crippen LogP contribution in [-0.2, 0) is 28.0 Å². The van der Waals surface area contributed by atoms with Gasteiger partial charge in [0.15, 0.2) is 11.5 Å². The van der Waals surface area contributed by atoms with Crippen LogP contribution < -0.4 is 5.73 Å². The summed E-state index contributed by atoms with van der Waals surface area (Å²) in [4.78, 5) is 29.2. The van der Waals surface area contributed by atoms with Crippen molar-refractivity contribution in [3.8, 4) is 11.8 Å². The minimum atomic E-state index is -1.02. The second kappa shape index (κ2) is 7.92. The van der Waals surface area contributed by atoms with E-state index in [0.717, 1.165) is 48.8 Å². The topological polar surface area (TPSA) is 93.7 Å². The van der Waals surface area contributed by atoms with Gasteiger partial charge in [0.1, 0.15) is 6.33 Å². The molecule has 174 valence electrons. The van der Waals surface area contributed by atoms with Gasteiger partial charge in [-0.1, -0.05) is 17.9 Å². The number of hydrogen-bond acceptors (Lipinski definition) is 6. The van der Waals surface area contributed by atoms with E-state index in [-0.39, 0.29) is 23.4 Å². The Bertz CT molecular complexity index is 1220. The normalized spacial score (nSPS) is 29.8. The van der Waals surface area contributed by atoms with Crippen LogP contribution in [0.4, 0.5) is 0 Å². The molecule has 7 nitrogen and oxygen atoms in total. The van der Waals surface area contributed by atoms with Gasteiger partial charge in [0.25, 0.3) is 5.91 Å². The van der Waals surface area contributed by atoms with Crippen molar-refractivity contribution in [3.63, 3.8) is 0 Å². The summed E-state index contributed by atoms with van der Waals surface area (Å²) >= 11 is 0. The molecule has 4 aliphatic rings. The van der Waals surface area contributed by atoms with E-state index in [4.69, 9.17) is 15.5 Å². The van der Waals surface area contributed by atoms with E-state index >= 15 is 0 Å². The fraction of sp³-hybridized carbons (Fsp3) is 0.481. The first-order valence-corrected chi connectivity index (χ1v) is 12.1. The summed E-state index contributed by atoms with van der Waals surface area (Å²) in [6.07, 6.45) is 11.9. The summed E-state index contributed by atoms with van der Waals surface area (Å²) in [5.74, 6) is 7.43. The van der Waals surface area contributed by atoms with E-state index in [9.17, 15) is 4.79 Å². The highest BCUT2D eigenvalue weighted by Gasteiger charge is 2.66. The molecule has 1 aromatic heterocycles. The van der Waals surface area contributed by atoms with E-state index in [1.165, 1.54) is 24.7 Å². The molecule has 6 rings (SSSR count). The lowest BCUT2D eigenvalue weighted by Crippen LogP contribution is -2.52. The van der Waals surface area contributed by atoms with Crippen LogP contribution in [0.3, 0.4) is 0 Å². The fourth-order valence-corrected chi connectivity index (χ4v) is 6.10. The largest absolute Gasteiger partial charge is 0.381 e. The van der Waals surface area contributed by atoms with Crippen molar-refractivity contribution in [2.75, 3.05) is 7.11 Å². The third-order valence-electron chi connectivity index (χ3n) is 8.09. The Balaban J connectivity index is 1.44. The predicted molar refractivity (Wildman–Crippen MR) is 127 cm³/mol. The number of guanidine groups is 1. The molecule has 2 heterocycles. The van der Waals surface area contributed by atoms with Crippen LogP contribution >= 0.6 is 0 Å². The summed E-state index contributed by atoms with van der Waals surface area (Å²) in [6.45, 7) is 0.310. The number of nitrogens with two attached hydrogens (primary N) is 1. The Hall–Kier alpha value is -3.24. The first-order chi connectivity index (χ1) is 16.5. The second-order valence-electron chi connectivity index (χ2n) is 10.1. The van der Waals surface area contributed by atoms with Crippen molar-refractivity contribution in [1.82, 2.24) is 14.9 Å². The Morgan fingerprint density at radius 1 is 1.18 bits per heavy atom. The van der Waals surface area contributed by atoms with Gasteiger partial charge in [0, 0.05) is 42.0 Å². The number of nitrogens with zero attached hydrogens (tertiary/aromatic N) is 4. The van der Waals surface area contributed by atoms with Gasteiger partial charge < -0.3 is 10.5 Å². The number of aromatic nitrogens is 2. The number of ether oxygens (including phenoxy) is 1. The van der Waals surface area contributed by atoms with Gasteiger partial charge in [0.05, 0.1) is 12.6 Å². The zero-order valence-corrected chi connectivity index (χ0v) is 19.5. The lowest BCUT2D eigenvalue weighted by atomic mass is 9.61. The van der Waals surface area contributed by atoms with Gasteiger partial charge in [-0.2, -0.15) is 0 Å². The van der Waals surface area contributed by atoms with E-state index in [2.05, 4.69) is 40.0 Å². The minimum absolute atomic E-state index is 0.0456. The maximum Gasteiger partial charge on any atom is 0.262 e. The summed E-state index contributed by atoms with van der Waals surface area (Å²) in [6, 6.07) is 6.34. The van der Waals surface area contributed by atoms with Crippen molar-refractivity contribution in [3.05, 3.63) is 59.2 Å². The molecule has 1 atom stereocenters. The van der Waals surface area contributed by atoms with Crippen LogP contribution in [0.5, 0.6) is 0 Å². The van der Waals surface area contributed by atoms with Crippen molar-refractivity contribution in [1.29, 1.82) is 0 Å². The monoisotopic (exact) mass is 455 g/mol. The molecular formula is C27H29N5O2. The number of carbonyl (C=O) groups is 1. The van der Waals surface area contributed by atoms with Crippen LogP contribution in [0.15, 0.2) is 41.9 Å². The SMILES string of the molecule is COC1CCC2(CC1)Cc1ccc(C#CC3CC3)cc1C21N=C(N)N(Cc2cncnc2)C1=O. The molecule has 1 aromatic carbocycles. The summed E-state index contributed by atoms with van der Waals surface area (Å²) < 4.78 is 5.66. The van der Waals surface area contributed by atoms with Crippen LogP contribution in [-0.4, -0.2) is 39.9 Å². The van der Waals surface area contributed by atoms with Crippen molar-refractivity contribution in [2.45, 2.75) is 63.1 Å². The molecule has 1 aliphatic heterocycles. The average molecular weight is 456 g/mol. The molecule has 0 saturated heterocycles. The van der Waals surface area contributed by atoms with Gasteiger partial charge in [-0.15, -0.1) is 0 Å². The number of hydrogen-bond donors (Lipinski definition) is 1. The van der Waals surface area contributed by atoms with E-state index in [0.29, 0.717) is 12.5 Å². The molecule has 2 N–H and O–H groups in total. The Morgan fingerprint density at radius 2 is 1.94 bits per heavy atom. The first-order valence-electron chi connectivity index (χ1n) is 12.1. The molecule has 0 radical (unpaired) electrons. The molecule has 3 aliphatic carbocycles. The lowest BCUT2D eigenvalue weighted by molar-refractivity contribution is -0.138. The average Bonchev–Trinajstić information content (AvgIpc) is 3.62. The highest BCUT2D eigenvalue weighted by atomic mass is 16.5. The van der Waals surface area contributed by atoms with E-state index in [1.807, 2.05) is 0 Å². The van der Waals surface area contributed by atoms with Crippen LogP contribution in [0.25, 0.3) is 0 Å². The van der Waals surface area contributed by atoms with Gasteiger partial charge >= 0.3 is 0 Å². The molecule has 2 aromatic rings. The Labute approximate surface area is 199 Å². The van der Waals surface area contributed by atoms with Gasteiger partial charge in [-0.25, -0.2) is 15.0 Å². The van der Waals surface area contributed by atoms with Gasteiger partial charge in [0.2, 0.25) is 0 Å². The number of aliphatic imine (C=N–C) groups is 1. The number of methoxy groups -OCH3 is 1. The van der Waals surface area contributed by atoms with Crippen molar-refractivity contribution >= 4 is 11.9 Å². The lowest BCUT2D eigenvalue weighted by Gasteiger charge is -2.45. The van der Waals surface area contributed by atoms with Gasteiger partial charge in [-0.3, -0.25) is 9.69 Å². The molecular weight excluding hydrogens is 426 g/mol. The zero-order chi connectivity index (χ0) is 23.3. The smallest absolute Gasteiger partial charge is 0.262 e. The maximum atomic E-state index is 14.3. The molecule has 1 amide bonds. The first kappa shape index (κ1) is 21.3. The van der Waals surface area contributed by atoms with Crippen molar-refractivity contribution in [2.24, 2.45) is 22.1 Å². The summed E-state index contributed by atoms with van der Waals surface area (Å²) in [5, 5.41) is 0. The predicted octanol–water partition coefficient (Wildman–Crippen LogP) is 2.92. The zero-order valence-electron chi connectivity index (χ0n) is 19.5. The standard InChI is InChI=1S/C27H29N5O2/c1-34-22-8-10-26(11-9-22)13-21-7-6-19(5-4-18-2-3-18)12-23(21)27(26)24(33)32(25(28)31-27)16-20-14-29-17-30-15-20/h6-7,12,14-15,17-18,22H,2-3,8-11,13,16H2,1H3,(H2,28,31). The summed E-state index contributed by atoms with van der Waals surface area (Å²) in [5.41, 5.74) is 9.09. The van der Waals surface area contributed by atoms with Crippen molar-refractivity contribution < 1.29 is 9.53 Å². The molecule has 1 unspecified atom stereocenters. The molecule has 2 saturated carbocycles.